The van der Waals surface area contributed by atoms with Gasteiger partial charge in [0.2, 0.25) is 0 Å². The summed E-state index contributed by atoms with van der Waals surface area (Å²) >= 11 is 0. The molecule has 5 aliphatic carbocycles. The average Bonchev–Trinajstić information content (AvgIpc) is 3.25. The Morgan fingerprint density at radius 1 is 0.872 bits per heavy atom. The molecule has 0 amide bonds. The molecule has 224 valence electrons. The fraction of sp³-hybridized carbons (Fsp3) is 0.944. The second-order valence-corrected chi connectivity index (χ2v) is 17.5. The van der Waals surface area contributed by atoms with Crippen molar-refractivity contribution in [2.45, 2.75) is 144 Å². The van der Waals surface area contributed by atoms with Crippen molar-refractivity contribution in [3.63, 3.8) is 0 Å². The quantitative estimate of drug-likeness (QED) is 0.225. The first-order chi connectivity index (χ1) is 18.1. The van der Waals surface area contributed by atoms with E-state index in [-0.39, 0.29) is 23.7 Å². The maximum absolute atomic E-state index is 11.0. The fourth-order valence-corrected chi connectivity index (χ4v) is 12.6. The lowest BCUT2D eigenvalue weighted by atomic mass is 9.32. The van der Waals surface area contributed by atoms with Crippen LogP contribution < -0.4 is 5.32 Å². The fourth-order valence-electron chi connectivity index (χ4n) is 12.6. The normalized spacial score (nSPS) is 49.0. The summed E-state index contributed by atoms with van der Waals surface area (Å²) in [6.07, 6.45) is 15.5. The van der Waals surface area contributed by atoms with E-state index in [4.69, 9.17) is 0 Å². The Morgan fingerprint density at radius 3 is 2.26 bits per heavy atom. The van der Waals surface area contributed by atoms with Crippen LogP contribution in [0.2, 0.25) is 0 Å². The molecule has 5 saturated carbocycles. The molecule has 5 aliphatic rings. The molecule has 0 heterocycles. The van der Waals surface area contributed by atoms with Gasteiger partial charge in [-0.2, -0.15) is 0 Å². The predicted molar refractivity (Wildman–Crippen MR) is 163 cm³/mol. The lowest BCUT2D eigenvalue weighted by Gasteiger charge is -2.73. The van der Waals surface area contributed by atoms with Gasteiger partial charge in [0.25, 0.3) is 0 Å². The van der Waals surface area contributed by atoms with Gasteiger partial charge in [-0.3, -0.25) is 0 Å². The maximum Gasteiger partial charge on any atom is 0.0607 e. The van der Waals surface area contributed by atoms with Gasteiger partial charge in [0.05, 0.1) is 12.7 Å². The van der Waals surface area contributed by atoms with Crippen molar-refractivity contribution in [2.75, 3.05) is 13.2 Å². The Kier molecular flexibility index (Phi) is 7.59. The summed E-state index contributed by atoms with van der Waals surface area (Å²) in [6, 6.07) is 0. The molecule has 3 N–H and O–H groups in total. The largest absolute Gasteiger partial charge is 0.394 e. The molecule has 39 heavy (non-hydrogen) atoms. The Labute approximate surface area is 241 Å². The highest BCUT2D eigenvalue weighted by molar-refractivity contribution is 5.21. The standard InChI is InChI=1S/C36H63NO2/c1-24(2)25-13-19-36(16-10-22-37-31(3,4)23-38)21-20-34(8)26(30(25)36)11-12-28-33(7)17-15-29(39)32(5,6)27(33)14-18-35(28,34)9/h25-30,37-39H,1,10-23H2,2-9H3/t25-,26+,27-,28+,29-,30+,33-,34+,35+,36+/m0/s1. The Bertz CT molecular complexity index is 940. The van der Waals surface area contributed by atoms with Crippen LogP contribution in [0.15, 0.2) is 12.2 Å². The zero-order chi connectivity index (χ0) is 28.6. The van der Waals surface area contributed by atoms with Gasteiger partial charge in [-0.1, -0.05) is 46.8 Å². The molecule has 0 unspecified atom stereocenters. The van der Waals surface area contributed by atoms with Crippen molar-refractivity contribution < 1.29 is 10.2 Å². The molecule has 0 saturated heterocycles. The summed E-state index contributed by atoms with van der Waals surface area (Å²) in [4.78, 5) is 0. The molecule has 0 aliphatic heterocycles. The van der Waals surface area contributed by atoms with Crippen molar-refractivity contribution in [3.05, 3.63) is 12.2 Å². The first kappa shape index (κ1) is 30.1. The van der Waals surface area contributed by atoms with Crippen molar-refractivity contribution in [3.8, 4) is 0 Å². The Morgan fingerprint density at radius 2 is 1.59 bits per heavy atom. The smallest absolute Gasteiger partial charge is 0.0607 e. The van der Waals surface area contributed by atoms with Gasteiger partial charge in [-0.15, -0.1) is 0 Å². The predicted octanol–water partition coefficient (Wildman–Crippen LogP) is 8.15. The highest BCUT2D eigenvalue weighted by Gasteiger charge is 2.70. The summed E-state index contributed by atoms with van der Waals surface area (Å²) < 4.78 is 0. The highest BCUT2D eigenvalue weighted by atomic mass is 16.3. The summed E-state index contributed by atoms with van der Waals surface area (Å²) in [6.45, 7) is 25.2. The lowest BCUT2D eigenvalue weighted by Crippen LogP contribution is -2.66. The van der Waals surface area contributed by atoms with Crippen molar-refractivity contribution in [1.82, 2.24) is 5.32 Å². The van der Waals surface area contributed by atoms with E-state index in [1.807, 2.05) is 0 Å². The summed E-state index contributed by atoms with van der Waals surface area (Å²) in [5.74, 6) is 3.69. The second kappa shape index (κ2) is 9.84. The third kappa shape index (κ3) is 4.36. The number of nitrogens with one attached hydrogen (secondary N) is 1. The molecule has 0 aromatic heterocycles. The van der Waals surface area contributed by atoms with Gasteiger partial charge in [0, 0.05) is 5.54 Å². The van der Waals surface area contributed by atoms with E-state index in [0.29, 0.717) is 33.5 Å². The van der Waals surface area contributed by atoms with Crippen LogP contribution in [0.5, 0.6) is 0 Å². The number of rotatable bonds is 7. The first-order valence-corrected chi connectivity index (χ1v) is 16.8. The third-order valence-electron chi connectivity index (χ3n) is 15.1. The van der Waals surface area contributed by atoms with Crippen LogP contribution in [-0.4, -0.2) is 35.0 Å². The monoisotopic (exact) mass is 541 g/mol. The van der Waals surface area contributed by atoms with E-state index in [9.17, 15) is 10.2 Å². The van der Waals surface area contributed by atoms with E-state index < -0.39 is 0 Å². The summed E-state index contributed by atoms with van der Waals surface area (Å²) in [7, 11) is 0. The molecule has 0 aromatic rings. The van der Waals surface area contributed by atoms with Gasteiger partial charge < -0.3 is 15.5 Å². The SMILES string of the molecule is C=C(C)[C@@H]1CC[C@]2(CCCNC(C)(C)CO)CC[C@]3(C)[C@H](CC[C@@H]4[C@@]5(C)CC[C@H](O)C(C)(C)[C@@H]5CC[C@]43C)[C@@H]12. The molecule has 0 aromatic carbocycles. The third-order valence-corrected chi connectivity index (χ3v) is 15.1. The van der Waals surface area contributed by atoms with Crippen LogP contribution in [0.25, 0.3) is 0 Å². The van der Waals surface area contributed by atoms with Crippen LogP contribution in [0.4, 0.5) is 0 Å². The zero-order valence-corrected chi connectivity index (χ0v) is 27.0. The minimum atomic E-state index is -0.191. The van der Waals surface area contributed by atoms with E-state index >= 15 is 0 Å². The Balaban J connectivity index is 1.43. The van der Waals surface area contributed by atoms with Crippen molar-refractivity contribution in [2.24, 2.45) is 56.7 Å². The zero-order valence-electron chi connectivity index (χ0n) is 27.0. The molecule has 0 spiro atoms. The molecule has 10 atom stereocenters. The van der Waals surface area contributed by atoms with Crippen LogP contribution >= 0.6 is 0 Å². The van der Waals surface area contributed by atoms with Crippen LogP contribution in [0.3, 0.4) is 0 Å². The lowest BCUT2D eigenvalue weighted by molar-refractivity contribution is -0.248. The molecule has 0 bridgehead atoms. The minimum Gasteiger partial charge on any atom is -0.394 e. The number of aliphatic hydroxyl groups excluding tert-OH is 2. The molecular formula is C36H63NO2. The molecule has 5 rings (SSSR count). The molecule has 5 fully saturated rings. The number of allylic oxidation sites excluding steroid dienone is 1. The minimum absolute atomic E-state index is 0.0307. The summed E-state index contributed by atoms with van der Waals surface area (Å²) in [5, 5.41) is 24.4. The van der Waals surface area contributed by atoms with Gasteiger partial charge in [0.15, 0.2) is 0 Å². The first-order valence-electron chi connectivity index (χ1n) is 16.8. The number of aliphatic hydroxyl groups is 2. The average molecular weight is 542 g/mol. The van der Waals surface area contributed by atoms with E-state index in [1.54, 1.807) is 0 Å². The van der Waals surface area contributed by atoms with Gasteiger partial charge >= 0.3 is 0 Å². The van der Waals surface area contributed by atoms with Crippen LogP contribution in [-0.2, 0) is 0 Å². The van der Waals surface area contributed by atoms with Gasteiger partial charge in [0.1, 0.15) is 0 Å². The molecule has 0 radical (unpaired) electrons. The van der Waals surface area contributed by atoms with E-state index in [0.717, 1.165) is 30.7 Å². The van der Waals surface area contributed by atoms with Crippen molar-refractivity contribution >= 4 is 0 Å². The van der Waals surface area contributed by atoms with Crippen LogP contribution in [0.1, 0.15) is 132 Å². The number of hydrogen-bond acceptors (Lipinski definition) is 3. The maximum atomic E-state index is 11.0. The van der Waals surface area contributed by atoms with Crippen LogP contribution in [0, 0.1) is 56.7 Å². The van der Waals surface area contributed by atoms with Gasteiger partial charge in [-0.25, -0.2) is 0 Å². The number of fused-ring (bicyclic) bond motifs is 7. The second-order valence-electron chi connectivity index (χ2n) is 17.5. The summed E-state index contributed by atoms with van der Waals surface area (Å²) in [5.41, 5.74) is 2.89. The highest BCUT2D eigenvalue weighted by Crippen LogP contribution is 2.77. The molecule has 3 nitrogen and oxygen atoms in total. The Hall–Kier alpha value is -0.380. The van der Waals surface area contributed by atoms with Gasteiger partial charge in [-0.05, 0) is 161 Å². The number of hydrogen-bond donors (Lipinski definition) is 3. The van der Waals surface area contributed by atoms with E-state index in [1.165, 1.54) is 76.2 Å². The molecular weight excluding hydrogens is 478 g/mol. The topological polar surface area (TPSA) is 52.5 Å². The van der Waals surface area contributed by atoms with E-state index in [2.05, 4.69) is 67.3 Å². The molecule has 3 heteroatoms. The van der Waals surface area contributed by atoms with Crippen molar-refractivity contribution in [1.29, 1.82) is 0 Å².